The second-order valence-corrected chi connectivity index (χ2v) is 10.2. The first kappa shape index (κ1) is 24.1. The highest BCUT2D eigenvalue weighted by Crippen LogP contribution is 2.22. The number of imidazole rings is 1. The Bertz CT molecular complexity index is 1260. The highest BCUT2D eigenvalue weighted by atomic mass is 32.2. The molecule has 10 nitrogen and oxygen atoms in total. The number of anilines is 2. The van der Waals surface area contributed by atoms with Crippen molar-refractivity contribution >= 4 is 38.5 Å². The van der Waals surface area contributed by atoms with Gasteiger partial charge in [0.25, 0.3) is 0 Å². The molecule has 34 heavy (non-hydrogen) atoms. The van der Waals surface area contributed by atoms with Gasteiger partial charge in [-0.05, 0) is 43.8 Å². The second-order valence-electron chi connectivity index (χ2n) is 8.62. The third-order valence-electron chi connectivity index (χ3n) is 6.01. The fourth-order valence-electron chi connectivity index (χ4n) is 4.13. The Morgan fingerprint density at radius 2 is 1.91 bits per heavy atom. The van der Waals surface area contributed by atoms with Crippen LogP contribution in [0.25, 0.3) is 11.0 Å². The summed E-state index contributed by atoms with van der Waals surface area (Å²) in [7, 11) is -1.69. The van der Waals surface area contributed by atoms with Gasteiger partial charge in [-0.2, -0.15) is 0 Å². The van der Waals surface area contributed by atoms with Gasteiger partial charge in [0.05, 0.1) is 27.8 Å². The molecular weight excluding hydrogens is 454 g/mol. The number of hydrogen-bond donors (Lipinski definition) is 2. The minimum Gasteiger partial charge on any atom is -0.354 e. The number of aromatic nitrogens is 3. The molecule has 1 amide bonds. The van der Waals surface area contributed by atoms with Crippen molar-refractivity contribution in [1.29, 1.82) is 0 Å². The van der Waals surface area contributed by atoms with Gasteiger partial charge >= 0.3 is 0 Å². The van der Waals surface area contributed by atoms with E-state index < -0.39 is 10.0 Å². The lowest BCUT2D eigenvalue weighted by Gasteiger charge is -2.33. The zero-order valence-corrected chi connectivity index (χ0v) is 20.4. The maximum Gasteiger partial charge on any atom is 0.238 e. The van der Waals surface area contributed by atoms with Crippen LogP contribution in [-0.2, 0) is 27.8 Å². The van der Waals surface area contributed by atoms with Gasteiger partial charge in [-0.15, -0.1) is 0 Å². The number of nitrogens with zero attached hydrogens (tertiary/aromatic N) is 5. The summed E-state index contributed by atoms with van der Waals surface area (Å²) in [6.07, 6.45) is 3.24. The van der Waals surface area contributed by atoms with E-state index in [1.54, 1.807) is 12.3 Å². The highest BCUT2D eigenvalue weighted by molar-refractivity contribution is 7.89. The van der Waals surface area contributed by atoms with Gasteiger partial charge in [-0.1, -0.05) is 6.92 Å². The fraction of sp³-hybridized carbons (Fsp3) is 0.435. The molecule has 2 aromatic heterocycles. The lowest BCUT2D eigenvalue weighted by Crippen LogP contribution is -2.44. The molecule has 0 aliphatic carbocycles. The summed E-state index contributed by atoms with van der Waals surface area (Å²) in [6.45, 7) is 6.66. The summed E-state index contributed by atoms with van der Waals surface area (Å²) < 4.78 is 25.4. The number of carbonyl (C=O) groups is 1. The SMILES string of the molecule is CCCn1c(CCC(=O)Nc2ccc(N3CCN(C)CC3)nc2)nc2cc(S(N)(=O)=O)ccc21. The van der Waals surface area contributed by atoms with Crippen molar-refractivity contribution in [2.24, 2.45) is 5.14 Å². The van der Waals surface area contributed by atoms with Crippen LogP contribution in [0.5, 0.6) is 0 Å². The van der Waals surface area contributed by atoms with Crippen LogP contribution in [0.4, 0.5) is 11.5 Å². The number of carbonyl (C=O) groups excluding carboxylic acids is 1. The molecule has 11 heteroatoms. The second kappa shape index (κ2) is 10.1. The summed E-state index contributed by atoms with van der Waals surface area (Å²) in [6, 6.07) is 8.49. The number of aryl methyl sites for hydroxylation is 2. The van der Waals surface area contributed by atoms with E-state index in [0.29, 0.717) is 17.6 Å². The van der Waals surface area contributed by atoms with Crippen molar-refractivity contribution in [2.75, 3.05) is 43.4 Å². The van der Waals surface area contributed by atoms with E-state index in [1.807, 2.05) is 16.7 Å². The zero-order valence-electron chi connectivity index (χ0n) is 19.6. The van der Waals surface area contributed by atoms with Crippen molar-refractivity contribution in [1.82, 2.24) is 19.4 Å². The molecule has 1 saturated heterocycles. The topological polar surface area (TPSA) is 126 Å². The van der Waals surface area contributed by atoms with E-state index in [2.05, 4.69) is 39.1 Å². The lowest BCUT2D eigenvalue weighted by atomic mass is 10.2. The molecule has 1 aromatic carbocycles. The Hall–Kier alpha value is -3.02. The molecule has 3 N–H and O–H groups in total. The van der Waals surface area contributed by atoms with E-state index >= 15 is 0 Å². The number of primary sulfonamides is 1. The number of pyridine rings is 1. The number of nitrogens with one attached hydrogen (secondary N) is 1. The van der Waals surface area contributed by atoms with Crippen LogP contribution in [0.3, 0.4) is 0 Å². The van der Waals surface area contributed by atoms with Crippen molar-refractivity contribution in [2.45, 2.75) is 37.6 Å². The normalized spacial score (nSPS) is 15.1. The van der Waals surface area contributed by atoms with Crippen LogP contribution in [0.1, 0.15) is 25.6 Å². The number of hydrogen-bond acceptors (Lipinski definition) is 7. The van der Waals surface area contributed by atoms with Gasteiger partial charge in [0.2, 0.25) is 15.9 Å². The molecule has 0 bridgehead atoms. The van der Waals surface area contributed by atoms with E-state index in [-0.39, 0.29) is 17.2 Å². The molecule has 1 fully saturated rings. The van der Waals surface area contributed by atoms with Crippen molar-refractivity contribution in [3.8, 4) is 0 Å². The zero-order chi connectivity index (χ0) is 24.3. The lowest BCUT2D eigenvalue weighted by molar-refractivity contribution is -0.116. The molecule has 0 saturated carbocycles. The van der Waals surface area contributed by atoms with Crippen LogP contribution in [-0.4, -0.2) is 67.0 Å². The van der Waals surface area contributed by atoms with Gasteiger partial charge in [-0.25, -0.2) is 23.5 Å². The maximum absolute atomic E-state index is 12.6. The third-order valence-corrected chi connectivity index (χ3v) is 6.92. The number of nitrogens with two attached hydrogens (primary N) is 1. The Labute approximate surface area is 199 Å². The van der Waals surface area contributed by atoms with E-state index in [9.17, 15) is 13.2 Å². The molecule has 0 spiro atoms. The number of rotatable bonds is 8. The molecule has 3 heterocycles. The van der Waals surface area contributed by atoms with E-state index in [0.717, 1.165) is 56.3 Å². The smallest absolute Gasteiger partial charge is 0.238 e. The average molecular weight is 486 g/mol. The first-order valence-electron chi connectivity index (χ1n) is 11.5. The molecule has 0 radical (unpaired) electrons. The highest BCUT2D eigenvalue weighted by Gasteiger charge is 2.17. The fourth-order valence-corrected chi connectivity index (χ4v) is 4.67. The first-order chi connectivity index (χ1) is 16.2. The summed E-state index contributed by atoms with van der Waals surface area (Å²) >= 11 is 0. The molecule has 3 aromatic rings. The molecule has 182 valence electrons. The Kier molecular flexibility index (Phi) is 7.15. The third kappa shape index (κ3) is 5.54. The monoisotopic (exact) mass is 485 g/mol. The summed E-state index contributed by atoms with van der Waals surface area (Å²) in [5.74, 6) is 1.52. The number of piperazine rings is 1. The van der Waals surface area contributed by atoms with Crippen molar-refractivity contribution in [3.05, 3.63) is 42.4 Å². The van der Waals surface area contributed by atoms with Crippen LogP contribution >= 0.6 is 0 Å². The maximum atomic E-state index is 12.6. The summed E-state index contributed by atoms with van der Waals surface area (Å²) in [5, 5.41) is 8.16. The number of likely N-dealkylation sites (N-methyl/N-ethyl adjacent to an activating group) is 1. The first-order valence-corrected chi connectivity index (χ1v) is 13.0. The molecule has 0 atom stereocenters. The minimum absolute atomic E-state index is 0.0259. The van der Waals surface area contributed by atoms with Gasteiger partial charge in [0.15, 0.2) is 0 Å². The quantitative estimate of drug-likeness (QED) is 0.498. The molecule has 0 unspecified atom stereocenters. The molecule has 1 aliphatic heterocycles. The number of amides is 1. The van der Waals surface area contributed by atoms with Crippen LogP contribution in [0.2, 0.25) is 0 Å². The van der Waals surface area contributed by atoms with Gasteiger partial charge in [-0.3, -0.25) is 4.79 Å². The molecule has 1 aliphatic rings. The van der Waals surface area contributed by atoms with E-state index in [4.69, 9.17) is 5.14 Å². The Morgan fingerprint density at radius 3 is 2.56 bits per heavy atom. The van der Waals surface area contributed by atoms with Gasteiger partial charge in [0.1, 0.15) is 11.6 Å². The van der Waals surface area contributed by atoms with Gasteiger partial charge < -0.3 is 19.7 Å². The van der Waals surface area contributed by atoms with Crippen LogP contribution in [0, 0.1) is 0 Å². The predicted octanol–water partition coefficient (Wildman–Crippen LogP) is 1.81. The molecular formula is C23H31N7O3S. The largest absolute Gasteiger partial charge is 0.354 e. The minimum atomic E-state index is -3.81. The average Bonchev–Trinajstić information content (AvgIpc) is 3.15. The standard InChI is InChI=1S/C23H31N7O3S/c1-3-10-30-20-6-5-18(34(24,32)33)15-19(20)27-22(30)8-9-23(31)26-17-4-7-21(25-16-17)29-13-11-28(2)12-14-29/h4-7,15-16H,3,8-14H2,1-2H3,(H,26,31)(H2,24,32,33). The summed E-state index contributed by atoms with van der Waals surface area (Å²) in [5.41, 5.74) is 2.04. The molecule has 4 rings (SSSR count). The summed E-state index contributed by atoms with van der Waals surface area (Å²) in [4.78, 5) is 26.3. The number of fused-ring (bicyclic) bond motifs is 1. The van der Waals surface area contributed by atoms with E-state index in [1.165, 1.54) is 12.1 Å². The Balaban J connectivity index is 1.41. The number of benzene rings is 1. The van der Waals surface area contributed by atoms with Crippen LogP contribution < -0.4 is 15.4 Å². The predicted molar refractivity (Wildman–Crippen MR) is 132 cm³/mol. The van der Waals surface area contributed by atoms with Crippen molar-refractivity contribution < 1.29 is 13.2 Å². The Morgan fingerprint density at radius 1 is 1.15 bits per heavy atom. The number of sulfonamides is 1. The van der Waals surface area contributed by atoms with Crippen molar-refractivity contribution in [3.63, 3.8) is 0 Å². The van der Waals surface area contributed by atoms with Gasteiger partial charge in [0, 0.05) is 45.6 Å². The van der Waals surface area contributed by atoms with Crippen LogP contribution in [0.15, 0.2) is 41.4 Å².